The van der Waals surface area contributed by atoms with Crippen molar-refractivity contribution in [2.45, 2.75) is 32.1 Å². The van der Waals surface area contributed by atoms with Gasteiger partial charge in [0, 0.05) is 11.4 Å². The topological polar surface area (TPSA) is 17.1 Å². The third-order valence-electron chi connectivity index (χ3n) is 2.57. The molecule has 0 aliphatic rings. The molecule has 3 heteroatoms. The van der Waals surface area contributed by atoms with E-state index in [-0.39, 0.29) is 10.7 Å². The van der Waals surface area contributed by atoms with Crippen LogP contribution in [-0.4, -0.2) is 5.24 Å². The highest BCUT2D eigenvalue weighted by Crippen LogP contribution is 2.29. The summed E-state index contributed by atoms with van der Waals surface area (Å²) in [5, 5.41) is 0.444. The standard InChI is InChI=1S/C12H14Cl2O/c1-12(2,8-7-11(14)15)9-3-5-10(13)6-4-9/h3-6H,7-8H2,1-2H3. The van der Waals surface area contributed by atoms with Gasteiger partial charge in [0.1, 0.15) is 0 Å². The summed E-state index contributed by atoms with van der Waals surface area (Å²) in [6.07, 6.45) is 1.15. The van der Waals surface area contributed by atoms with Crippen LogP contribution in [0.25, 0.3) is 0 Å². The summed E-state index contributed by atoms with van der Waals surface area (Å²) in [6, 6.07) is 7.70. The Morgan fingerprint density at radius 1 is 1.27 bits per heavy atom. The Hall–Kier alpha value is -0.530. The highest BCUT2D eigenvalue weighted by atomic mass is 35.5. The molecule has 1 rings (SSSR count). The summed E-state index contributed by atoms with van der Waals surface area (Å²) >= 11 is 11.2. The molecule has 0 atom stereocenters. The second-order valence-corrected chi connectivity index (χ2v) is 5.10. The van der Waals surface area contributed by atoms with Crippen molar-refractivity contribution < 1.29 is 4.79 Å². The minimum Gasteiger partial charge on any atom is -0.281 e. The first-order valence-electron chi connectivity index (χ1n) is 4.86. The largest absolute Gasteiger partial charge is 0.281 e. The smallest absolute Gasteiger partial charge is 0.221 e. The predicted octanol–water partition coefficient (Wildman–Crippen LogP) is 4.16. The molecule has 0 aromatic heterocycles. The molecule has 0 radical (unpaired) electrons. The first-order valence-corrected chi connectivity index (χ1v) is 5.62. The monoisotopic (exact) mass is 244 g/mol. The van der Waals surface area contributed by atoms with Crippen LogP contribution in [0.5, 0.6) is 0 Å². The first-order chi connectivity index (χ1) is 6.92. The van der Waals surface area contributed by atoms with Crippen molar-refractivity contribution >= 4 is 28.4 Å². The van der Waals surface area contributed by atoms with Crippen molar-refractivity contribution in [1.29, 1.82) is 0 Å². The minimum absolute atomic E-state index is 0.0465. The van der Waals surface area contributed by atoms with Gasteiger partial charge in [0.2, 0.25) is 5.24 Å². The highest BCUT2D eigenvalue weighted by Gasteiger charge is 2.20. The number of rotatable bonds is 4. The van der Waals surface area contributed by atoms with Crippen molar-refractivity contribution in [2.24, 2.45) is 0 Å². The lowest BCUT2D eigenvalue weighted by Crippen LogP contribution is -2.17. The minimum atomic E-state index is -0.281. The zero-order chi connectivity index (χ0) is 11.5. The lowest BCUT2D eigenvalue weighted by molar-refractivity contribution is -0.112. The van der Waals surface area contributed by atoms with Crippen molar-refractivity contribution in [2.75, 3.05) is 0 Å². The predicted molar refractivity (Wildman–Crippen MR) is 64.6 cm³/mol. The van der Waals surface area contributed by atoms with Gasteiger partial charge in [0.15, 0.2) is 0 Å². The number of halogens is 2. The number of benzene rings is 1. The van der Waals surface area contributed by atoms with E-state index >= 15 is 0 Å². The van der Waals surface area contributed by atoms with Crippen LogP contribution in [-0.2, 0) is 10.2 Å². The Labute approximate surface area is 100 Å². The summed E-state index contributed by atoms with van der Waals surface area (Å²) in [4.78, 5) is 10.7. The Morgan fingerprint density at radius 3 is 2.27 bits per heavy atom. The highest BCUT2D eigenvalue weighted by molar-refractivity contribution is 6.63. The molecule has 0 N–H and O–H groups in total. The van der Waals surface area contributed by atoms with Crippen LogP contribution in [0.1, 0.15) is 32.3 Å². The summed E-state index contributed by atoms with van der Waals surface area (Å²) in [6.45, 7) is 4.19. The molecule has 82 valence electrons. The van der Waals surface area contributed by atoms with E-state index in [1.807, 2.05) is 24.3 Å². The van der Waals surface area contributed by atoms with Gasteiger partial charge < -0.3 is 0 Å². The lowest BCUT2D eigenvalue weighted by atomic mass is 9.81. The fourth-order valence-electron chi connectivity index (χ4n) is 1.46. The first kappa shape index (κ1) is 12.5. The van der Waals surface area contributed by atoms with E-state index in [1.54, 1.807) is 0 Å². The molecule has 1 aromatic rings. The second-order valence-electron chi connectivity index (χ2n) is 4.25. The van der Waals surface area contributed by atoms with Crippen LogP contribution >= 0.6 is 23.2 Å². The fraction of sp³-hybridized carbons (Fsp3) is 0.417. The van der Waals surface area contributed by atoms with Gasteiger partial charge in [-0.3, -0.25) is 4.79 Å². The van der Waals surface area contributed by atoms with E-state index in [2.05, 4.69) is 13.8 Å². The molecular weight excluding hydrogens is 231 g/mol. The van der Waals surface area contributed by atoms with Crippen molar-refractivity contribution in [3.8, 4) is 0 Å². The third kappa shape index (κ3) is 3.84. The Morgan fingerprint density at radius 2 is 1.80 bits per heavy atom. The zero-order valence-corrected chi connectivity index (χ0v) is 10.4. The van der Waals surface area contributed by atoms with Crippen molar-refractivity contribution in [3.05, 3.63) is 34.9 Å². The van der Waals surface area contributed by atoms with E-state index in [1.165, 1.54) is 5.56 Å². The van der Waals surface area contributed by atoms with E-state index in [0.717, 1.165) is 11.4 Å². The molecule has 0 heterocycles. The fourth-order valence-corrected chi connectivity index (χ4v) is 1.68. The molecule has 0 saturated carbocycles. The average Bonchev–Trinajstić information content (AvgIpc) is 2.16. The summed E-state index contributed by atoms with van der Waals surface area (Å²) in [7, 11) is 0. The third-order valence-corrected chi connectivity index (χ3v) is 3.01. The van der Waals surface area contributed by atoms with Crippen LogP contribution in [0.2, 0.25) is 5.02 Å². The van der Waals surface area contributed by atoms with Crippen molar-refractivity contribution in [3.63, 3.8) is 0 Å². The number of carbonyl (C=O) groups excluding carboxylic acids is 1. The van der Waals surface area contributed by atoms with E-state index in [0.29, 0.717) is 6.42 Å². The van der Waals surface area contributed by atoms with Gasteiger partial charge in [0.05, 0.1) is 0 Å². The van der Waals surface area contributed by atoms with Gasteiger partial charge in [-0.25, -0.2) is 0 Å². The molecule has 0 aliphatic heterocycles. The van der Waals surface area contributed by atoms with Crippen LogP contribution < -0.4 is 0 Å². The molecule has 0 bridgehead atoms. The van der Waals surface area contributed by atoms with Crippen LogP contribution in [0.4, 0.5) is 0 Å². The number of hydrogen-bond donors (Lipinski definition) is 0. The van der Waals surface area contributed by atoms with Gasteiger partial charge in [-0.05, 0) is 41.1 Å². The molecule has 0 spiro atoms. The maximum Gasteiger partial charge on any atom is 0.221 e. The van der Waals surface area contributed by atoms with Gasteiger partial charge >= 0.3 is 0 Å². The molecule has 0 saturated heterocycles. The molecular formula is C12H14Cl2O. The molecule has 0 aliphatic carbocycles. The Balaban J connectivity index is 2.76. The molecule has 1 nitrogen and oxygen atoms in total. The van der Waals surface area contributed by atoms with Crippen LogP contribution in [0.15, 0.2) is 24.3 Å². The van der Waals surface area contributed by atoms with Gasteiger partial charge in [0.25, 0.3) is 0 Å². The Kier molecular flexibility index (Phi) is 4.18. The van der Waals surface area contributed by atoms with Crippen molar-refractivity contribution in [1.82, 2.24) is 0 Å². The summed E-state index contributed by atoms with van der Waals surface area (Å²) in [5.74, 6) is 0. The van der Waals surface area contributed by atoms with E-state index in [9.17, 15) is 4.79 Å². The second kappa shape index (κ2) is 5.00. The lowest BCUT2D eigenvalue weighted by Gasteiger charge is -2.24. The van der Waals surface area contributed by atoms with Gasteiger partial charge in [-0.2, -0.15) is 0 Å². The SMILES string of the molecule is CC(C)(CCC(=O)Cl)c1ccc(Cl)cc1. The van der Waals surface area contributed by atoms with E-state index < -0.39 is 0 Å². The number of carbonyl (C=O) groups is 1. The van der Waals surface area contributed by atoms with E-state index in [4.69, 9.17) is 23.2 Å². The molecule has 0 unspecified atom stereocenters. The van der Waals surface area contributed by atoms with Crippen LogP contribution in [0.3, 0.4) is 0 Å². The molecule has 0 fully saturated rings. The summed E-state index contributed by atoms with van der Waals surface area (Å²) < 4.78 is 0. The van der Waals surface area contributed by atoms with Crippen LogP contribution in [0, 0.1) is 0 Å². The normalized spacial score (nSPS) is 11.5. The Bertz CT molecular complexity index is 341. The molecule has 15 heavy (non-hydrogen) atoms. The maximum atomic E-state index is 10.7. The summed E-state index contributed by atoms with van der Waals surface area (Å²) in [5.41, 5.74) is 1.12. The average molecular weight is 245 g/mol. The maximum absolute atomic E-state index is 10.7. The quantitative estimate of drug-likeness (QED) is 0.728. The van der Waals surface area contributed by atoms with Gasteiger partial charge in [-0.1, -0.05) is 37.6 Å². The molecule has 1 aromatic carbocycles. The zero-order valence-electron chi connectivity index (χ0n) is 8.89. The van der Waals surface area contributed by atoms with Gasteiger partial charge in [-0.15, -0.1) is 0 Å². The number of hydrogen-bond acceptors (Lipinski definition) is 1. The molecule has 0 amide bonds.